The van der Waals surface area contributed by atoms with E-state index < -0.39 is 10.0 Å². The Morgan fingerprint density at radius 2 is 1.88 bits per heavy atom. The molecule has 1 saturated carbocycles. The van der Waals surface area contributed by atoms with E-state index in [-0.39, 0.29) is 16.7 Å². The number of nitrogens with zero attached hydrogens (tertiary/aromatic N) is 4. The summed E-state index contributed by atoms with van der Waals surface area (Å²) in [6.07, 6.45) is 6.98. The largest absolute Gasteiger partial charge is 0.383 e. The van der Waals surface area contributed by atoms with Crippen LogP contribution in [0.4, 0.5) is 5.69 Å². The Labute approximate surface area is 199 Å². The molecule has 0 radical (unpaired) electrons. The number of sulfonamides is 1. The smallest absolute Gasteiger partial charge is 0.279 e. The molecule has 2 aromatic rings. The van der Waals surface area contributed by atoms with E-state index in [1.807, 2.05) is 6.92 Å². The zero-order valence-electron chi connectivity index (χ0n) is 19.8. The van der Waals surface area contributed by atoms with Crippen molar-refractivity contribution in [2.45, 2.75) is 69.4 Å². The van der Waals surface area contributed by atoms with Gasteiger partial charge in [0.1, 0.15) is 0 Å². The third-order valence-electron chi connectivity index (χ3n) is 7.30. The monoisotopic (exact) mass is 491 g/mol. The van der Waals surface area contributed by atoms with Gasteiger partial charge in [-0.05, 0) is 58.3 Å². The predicted octanol–water partition coefficient (Wildman–Crippen LogP) is 2.59. The van der Waals surface area contributed by atoms with Crippen LogP contribution in [-0.2, 0) is 14.8 Å². The number of nitrogens with one attached hydrogen (secondary N) is 1. The van der Waals surface area contributed by atoms with E-state index in [2.05, 4.69) is 15.6 Å². The van der Waals surface area contributed by atoms with Crippen LogP contribution in [-0.4, -0.2) is 60.5 Å². The highest BCUT2D eigenvalue weighted by molar-refractivity contribution is 7.89. The summed E-state index contributed by atoms with van der Waals surface area (Å²) < 4.78 is 40.1. The fourth-order valence-corrected chi connectivity index (χ4v) is 6.52. The van der Waals surface area contributed by atoms with Gasteiger partial charge in [-0.2, -0.15) is 9.40 Å². The molecule has 1 aliphatic carbocycles. The molecular formula is C23H33N5O5S. The van der Waals surface area contributed by atoms with Crippen molar-refractivity contribution in [2.75, 3.05) is 38.2 Å². The topological polar surface area (TPSA) is 120 Å². The molecule has 0 aromatic carbocycles. The minimum Gasteiger partial charge on any atom is -0.383 e. The zero-order chi connectivity index (χ0) is 23.9. The van der Waals surface area contributed by atoms with Crippen LogP contribution in [0.15, 0.2) is 20.6 Å². The van der Waals surface area contributed by atoms with Crippen LogP contribution in [0.3, 0.4) is 0 Å². The number of hydrogen-bond acceptors (Lipinski definition) is 8. The van der Waals surface area contributed by atoms with Crippen molar-refractivity contribution in [2.24, 2.45) is 5.92 Å². The van der Waals surface area contributed by atoms with Crippen LogP contribution < -0.4 is 10.9 Å². The maximum absolute atomic E-state index is 13.2. The molecule has 1 atom stereocenters. The highest BCUT2D eigenvalue weighted by Crippen LogP contribution is 2.42. The standard InChI is InChI=1S/C23H33N5O5S/c1-15-20(24-12-17-4-3-11-32-14-17)13-25-28(22(15)29)19-7-9-27(10-8-19)34(30,31)23-16(2)21(26-33-23)18-5-6-18/h13,17-19,24H,3-12,14H2,1-2H3/t17-/m1/s1. The van der Waals surface area contributed by atoms with E-state index in [4.69, 9.17) is 9.26 Å². The van der Waals surface area contributed by atoms with Crippen molar-refractivity contribution in [3.05, 3.63) is 33.4 Å². The molecular weight excluding hydrogens is 458 g/mol. The van der Waals surface area contributed by atoms with Crippen molar-refractivity contribution in [3.63, 3.8) is 0 Å². The highest BCUT2D eigenvalue weighted by Gasteiger charge is 2.38. The first kappa shape index (κ1) is 23.5. The second kappa shape index (κ2) is 9.43. The Morgan fingerprint density at radius 3 is 2.56 bits per heavy atom. The van der Waals surface area contributed by atoms with Gasteiger partial charge in [-0.25, -0.2) is 13.1 Å². The number of hydrogen-bond donors (Lipinski definition) is 1. The molecule has 2 saturated heterocycles. The van der Waals surface area contributed by atoms with Gasteiger partial charge in [0.25, 0.3) is 20.7 Å². The van der Waals surface area contributed by atoms with Crippen molar-refractivity contribution in [1.82, 2.24) is 19.2 Å². The molecule has 3 fully saturated rings. The van der Waals surface area contributed by atoms with E-state index >= 15 is 0 Å². The first-order chi connectivity index (χ1) is 16.4. The van der Waals surface area contributed by atoms with Gasteiger partial charge in [0.2, 0.25) is 0 Å². The Hall–Kier alpha value is -2.24. The first-order valence-electron chi connectivity index (χ1n) is 12.2. The van der Waals surface area contributed by atoms with Crippen molar-refractivity contribution in [1.29, 1.82) is 0 Å². The SMILES string of the molecule is Cc1c(C2CC2)noc1S(=O)(=O)N1CCC(n2ncc(NC[C@H]3CCCOC3)c(C)c2=O)CC1. The molecule has 10 nitrogen and oxygen atoms in total. The molecule has 0 amide bonds. The van der Waals surface area contributed by atoms with Crippen LogP contribution >= 0.6 is 0 Å². The molecule has 3 aliphatic rings. The third kappa shape index (κ3) is 4.52. The fourth-order valence-electron chi connectivity index (χ4n) is 4.97. The lowest BCUT2D eigenvalue weighted by molar-refractivity contribution is 0.0595. The molecule has 5 rings (SSSR count). The van der Waals surface area contributed by atoms with E-state index in [1.165, 1.54) is 8.99 Å². The number of aromatic nitrogens is 3. The summed E-state index contributed by atoms with van der Waals surface area (Å²) in [5.41, 5.74) is 2.64. The van der Waals surface area contributed by atoms with E-state index in [9.17, 15) is 13.2 Å². The van der Waals surface area contributed by atoms with E-state index in [0.717, 1.165) is 56.8 Å². The quantitative estimate of drug-likeness (QED) is 0.628. The molecule has 1 N–H and O–H groups in total. The maximum Gasteiger partial charge on any atom is 0.279 e. The molecule has 2 aliphatic heterocycles. The Bertz CT molecular complexity index is 1190. The summed E-state index contributed by atoms with van der Waals surface area (Å²) in [4.78, 5) is 13.0. The van der Waals surface area contributed by atoms with Crippen molar-refractivity contribution >= 4 is 15.7 Å². The van der Waals surface area contributed by atoms with Gasteiger partial charge in [-0.3, -0.25) is 4.79 Å². The molecule has 0 bridgehead atoms. The second-order valence-electron chi connectivity index (χ2n) is 9.79. The van der Waals surface area contributed by atoms with Gasteiger partial charge in [-0.1, -0.05) is 5.16 Å². The van der Waals surface area contributed by atoms with Crippen LogP contribution in [0.2, 0.25) is 0 Å². The summed E-state index contributed by atoms with van der Waals surface area (Å²) in [7, 11) is -3.75. The average Bonchev–Trinajstić information content (AvgIpc) is 3.61. The maximum atomic E-state index is 13.2. The minimum atomic E-state index is -3.75. The van der Waals surface area contributed by atoms with Gasteiger partial charge < -0.3 is 14.6 Å². The van der Waals surface area contributed by atoms with E-state index in [1.54, 1.807) is 13.1 Å². The number of rotatable bonds is 7. The lowest BCUT2D eigenvalue weighted by atomic mass is 10.0. The van der Waals surface area contributed by atoms with Crippen LogP contribution in [0.1, 0.15) is 67.3 Å². The van der Waals surface area contributed by atoms with Crippen molar-refractivity contribution < 1.29 is 17.7 Å². The highest BCUT2D eigenvalue weighted by atomic mass is 32.2. The van der Waals surface area contributed by atoms with Gasteiger partial charge in [0.05, 0.1) is 30.2 Å². The van der Waals surface area contributed by atoms with E-state index in [0.29, 0.717) is 48.9 Å². The second-order valence-corrected chi connectivity index (χ2v) is 11.6. The Morgan fingerprint density at radius 1 is 1.12 bits per heavy atom. The molecule has 0 unspecified atom stereocenters. The summed E-state index contributed by atoms with van der Waals surface area (Å²) in [5.74, 6) is 0.767. The molecule has 4 heterocycles. The van der Waals surface area contributed by atoms with Crippen LogP contribution in [0.5, 0.6) is 0 Å². The number of anilines is 1. The number of ether oxygens (including phenoxy) is 1. The summed E-state index contributed by atoms with van der Waals surface area (Å²) in [6.45, 7) is 6.52. The van der Waals surface area contributed by atoms with Crippen molar-refractivity contribution in [3.8, 4) is 0 Å². The number of piperidine rings is 1. The van der Waals surface area contributed by atoms with Gasteiger partial charge in [0, 0.05) is 43.3 Å². The van der Waals surface area contributed by atoms with Gasteiger partial charge in [-0.15, -0.1) is 0 Å². The minimum absolute atomic E-state index is 0.0437. The van der Waals surface area contributed by atoms with Crippen LogP contribution in [0, 0.1) is 19.8 Å². The molecule has 0 spiro atoms. The molecule has 186 valence electrons. The lowest BCUT2D eigenvalue weighted by Crippen LogP contribution is -2.41. The van der Waals surface area contributed by atoms with Crippen LogP contribution in [0.25, 0.3) is 0 Å². The summed E-state index contributed by atoms with van der Waals surface area (Å²) >= 11 is 0. The average molecular weight is 492 g/mol. The van der Waals surface area contributed by atoms with Gasteiger partial charge in [0.15, 0.2) is 0 Å². The Balaban J connectivity index is 1.23. The third-order valence-corrected chi connectivity index (χ3v) is 9.20. The van der Waals surface area contributed by atoms with Gasteiger partial charge >= 0.3 is 0 Å². The Kier molecular flexibility index (Phi) is 6.51. The normalized spacial score (nSPS) is 22.7. The first-order valence-corrected chi connectivity index (χ1v) is 13.7. The lowest BCUT2D eigenvalue weighted by Gasteiger charge is -2.31. The predicted molar refractivity (Wildman–Crippen MR) is 126 cm³/mol. The zero-order valence-corrected chi connectivity index (χ0v) is 20.6. The molecule has 11 heteroatoms. The summed E-state index contributed by atoms with van der Waals surface area (Å²) in [6, 6.07) is -0.142. The molecule has 34 heavy (non-hydrogen) atoms. The summed E-state index contributed by atoms with van der Waals surface area (Å²) in [5, 5.41) is 11.8. The molecule has 2 aromatic heterocycles. The fraction of sp³-hybridized carbons (Fsp3) is 0.696.